The third kappa shape index (κ3) is 5.72. The molecular formula is C17H17ClFNO4S. The Kier molecular flexibility index (Phi) is 6.39. The largest absolute Gasteiger partial charge is 0.494 e. The average molecular weight is 386 g/mol. The number of sulfone groups is 1. The lowest BCUT2D eigenvalue weighted by Crippen LogP contribution is -2.24. The van der Waals surface area contributed by atoms with Crippen molar-refractivity contribution in [3.8, 4) is 5.75 Å². The van der Waals surface area contributed by atoms with Crippen LogP contribution in [0.5, 0.6) is 5.75 Å². The Bertz CT molecular complexity index is 833. The van der Waals surface area contributed by atoms with Gasteiger partial charge >= 0.3 is 0 Å². The molecule has 0 aliphatic carbocycles. The molecule has 0 saturated heterocycles. The Morgan fingerprint density at radius 1 is 1.20 bits per heavy atom. The number of carbonyl (C=O) groups is 1. The molecule has 0 atom stereocenters. The third-order valence-corrected chi connectivity index (χ3v) is 5.01. The van der Waals surface area contributed by atoms with Gasteiger partial charge in [0, 0.05) is 16.3 Å². The van der Waals surface area contributed by atoms with Gasteiger partial charge < -0.3 is 10.1 Å². The van der Waals surface area contributed by atoms with Crippen LogP contribution >= 0.6 is 11.6 Å². The molecule has 5 nitrogen and oxygen atoms in total. The van der Waals surface area contributed by atoms with Gasteiger partial charge in [0.2, 0.25) is 5.91 Å². The van der Waals surface area contributed by atoms with Gasteiger partial charge in [-0.2, -0.15) is 0 Å². The second kappa shape index (κ2) is 8.31. The first-order valence-electron chi connectivity index (χ1n) is 7.47. The van der Waals surface area contributed by atoms with Crippen molar-refractivity contribution in [3.63, 3.8) is 0 Å². The number of hydrogen-bond acceptors (Lipinski definition) is 4. The average Bonchev–Trinajstić information content (AvgIpc) is 2.53. The van der Waals surface area contributed by atoms with Gasteiger partial charge in [-0.05, 0) is 43.3 Å². The molecule has 0 aliphatic rings. The number of benzene rings is 2. The predicted molar refractivity (Wildman–Crippen MR) is 95.1 cm³/mol. The first-order chi connectivity index (χ1) is 11.8. The van der Waals surface area contributed by atoms with Gasteiger partial charge in [0.1, 0.15) is 17.3 Å². The van der Waals surface area contributed by atoms with E-state index in [9.17, 15) is 17.6 Å². The van der Waals surface area contributed by atoms with Crippen LogP contribution in [-0.2, 0) is 20.4 Å². The van der Waals surface area contributed by atoms with Crippen molar-refractivity contribution in [1.29, 1.82) is 0 Å². The van der Waals surface area contributed by atoms with Crippen LogP contribution in [0.3, 0.4) is 0 Å². The summed E-state index contributed by atoms with van der Waals surface area (Å²) in [7, 11) is -3.88. The smallest absolute Gasteiger partial charge is 0.239 e. The first-order valence-corrected chi connectivity index (χ1v) is 9.66. The Morgan fingerprint density at radius 3 is 2.48 bits per heavy atom. The SMILES string of the molecule is CCOc1ccc(NC(=O)CS(=O)(=O)Cc2c(F)cccc2Cl)cc1. The number of carbonyl (C=O) groups excluding carboxylic acids is 1. The van der Waals surface area contributed by atoms with Gasteiger partial charge in [-0.1, -0.05) is 17.7 Å². The number of nitrogens with one attached hydrogen (secondary N) is 1. The Labute approximate surface area is 150 Å². The molecule has 0 spiro atoms. The molecule has 0 aromatic heterocycles. The molecule has 0 radical (unpaired) electrons. The van der Waals surface area contributed by atoms with Crippen LogP contribution in [0.2, 0.25) is 5.02 Å². The summed E-state index contributed by atoms with van der Waals surface area (Å²) in [5.41, 5.74) is 0.297. The monoisotopic (exact) mass is 385 g/mol. The lowest BCUT2D eigenvalue weighted by Gasteiger charge is -2.09. The standard InChI is InChI=1S/C17H17ClFNO4S/c1-2-24-13-8-6-12(7-9-13)20-17(21)11-25(22,23)10-14-15(18)4-3-5-16(14)19/h3-9H,2,10-11H2,1H3,(H,20,21). The molecule has 0 heterocycles. The van der Waals surface area contributed by atoms with Gasteiger partial charge in [-0.3, -0.25) is 4.79 Å². The fraction of sp³-hybridized carbons (Fsp3) is 0.235. The molecule has 2 aromatic carbocycles. The van der Waals surface area contributed by atoms with Gasteiger partial charge in [0.05, 0.1) is 12.4 Å². The van der Waals surface area contributed by atoms with Gasteiger partial charge in [-0.25, -0.2) is 12.8 Å². The van der Waals surface area contributed by atoms with Crippen LogP contribution in [0.25, 0.3) is 0 Å². The topological polar surface area (TPSA) is 72.5 Å². The van der Waals surface area contributed by atoms with Crippen LogP contribution in [0.15, 0.2) is 42.5 Å². The van der Waals surface area contributed by atoms with Crippen molar-refractivity contribution >= 4 is 33.0 Å². The van der Waals surface area contributed by atoms with Crippen LogP contribution in [0.1, 0.15) is 12.5 Å². The molecule has 1 N–H and O–H groups in total. The normalized spacial score (nSPS) is 11.2. The molecular weight excluding hydrogens is 369 g/mol. The van der Waals surface area contributed by atoms with E-state index in [2.05, 4.69) is 5.32 Å². The Hall–Kier alpha value is -2.12. The zero-order valence-corrected chi connectivity index (χ0v) is 15.0. The highest BCUT2D eigenvalue weighted by Crippen LogP contribution is 2.22. The van der Waals surface area contributed by atoms with E-state index in [0.29, 0.717) is 18.0 Å². The maximum absolute atomic E-state index is 13.7. The summed E-state index contributed by atoms with van der Waals surface area (Å²) in [4.78, 5) is 12.0. The molecule has 8 heteroatoms. The lowest BCUT2D eigenvalue weighted by molar-refractivity contribution is -0.113. The minimum Gasteiger partial charge on any atom is -0.494 e. The minimum atomic E-state index is -3.88. The molecule has 0 aliphatic heterocycles. The predicted octanol–water partition coefficient (Wildman–Crippen LogP) is 3.43. The van der Waals surface area contributed by atoms with E-state index >= 15 is 0 Å². The van der Waals surface area contributed by atoms with Crippen molar-refractivity contribution in [2.75, 3.05) is 17.7 Å². The van der Waals surface area contributed by atoms with E-state index in [1.54, 1.807) is 24.3 Å². The van der Waals surface area contributed by atoms with Crippen molar-refractivity contribution < 1.29 is 22.3 Å². The quantitative estimate of drug-likeness (QED) is 0.792. The van der Waals surface area contributed by atoms with Crippen molar-refractivity contribution in [3.05, 3.63) is 58.9 Å². The van der Waals surface area contributed by atoms with E-state index in [1.165, 1.54) is 12.1 Å². The fourth-order valence-corrected chi connectivity index (χ4v) is 3.76. The Balaban J connectivity index is 2.01. The van der Waals surface area contributed by atoms with E-state index in [0.717, 1.165) is 6.07 Å². The lowest BCUT2D eigenvalue weighted by atomic mass is 10.2. The summed E-state index contributed by atoms with van der Waals surface area (Å²) in [6, 6.07) is 10.4. The number of amides is 1. The van der Waals surface area contributed by atoms with E-state index < -0.39 is 33.1 Å². The Morgan fingerprint density at radius 2 is 1.88 bits per heavy atom. The molecule has 0 unspecified atom stereocenters. The van der Waals surface area contributed by atoms with Crippen molar-refractivity contribution in [2.24, 2.45) is 0 Å². The molecule has 0 saturated carbocycles. The van der Waals surface area contributed by atoms with E-state index in [4.69, 9.17) is 16.3 Å². The van der Waals surface area contributed by atoms with Gasteiger partial charge in [0.15, 0.2) is 9.84 Å². The van der Waals surface area contributed by atoms with E-state index in [-0.39, 0.29) is 10.6 Å². The van der Waals surface area contributed by atoms with E-state index in [1.807, 2.05) is 6.92 Å². The second-order valence-corrected chi connectivity index (χ2v) is 7.71. The van der Waals surface area contributed by atoms with Crippen molar-refractivity contribution in [2.45, 2.75) is 12.7 Å². The second-order valence-electron chi connectivity index (χ2n) is 5.24. The summed E-state index contributed by atoms with van der Waals surface area (Å²) in [6.45, 7) is 2.37. The fourth-order valence-electron chi connectivity index (χ4n) is 2.14. The zero-order valence-electron chi connectivity index (χ0n) is 13.5. The van der Waals surface area contributed by atoms with Crippen molar-refractivity contribution in [1.82, 2.24) is 0 Å². The van der Waals surface area contributed by atoms with Gasteiger partial charge in [0.25, 0.3) is 0 Å². The molecule has 134 valence electrons. The number of anilines is 1. The molecule has 2 rings (SSSR count). The highest BCUT2D eigenvalue weighted by molar-refractivity contribution is 7.91. The number of halogens is 2. The summed E-state index contributed by atoms with van der Waals surface area (Å²) in [5, 5.41) is 2.49. The number of rotatable bonds is 7. The molecule has 2 aromatic rings. The minimum absolute atomic E-state index is 0.00972. The first kappa shape index (κ1) is 19.2. The number of ether oxygens (including phenoxy) is 1. The van der Waals surface area contributed by atoms with Crippen LogP contribution in [0.4, 0.5) is 10.1 Å². The summed E-state index contributed by atoms with van der Waals surface area (Å²) >= 11 is 5.83. The highest BCUT2D eigenvalue weighted by atomic mass is 35.5. The summed E-state index contributed by atoms with van der Waals surface area (Å²) in [6.07, 6.45) is 0. The molecule has 1 amide bonds. The highest BCUT2D eigenvalue weighted by Gasteiger charge is 2.21. The number of hydrogen-bond donors (Lipinski definition) is 1. The maximum atomic E-state index is 13.7. The van der Waals surface area contributed by atoms with Gasteiger partial charge in [-0.15, -0.1) is 0 Å². The maximum Gasteiger partial charge on any atom is 0.239 e. The van der Waals surface area contributed by atoms with Crippen LogP contribution in [-0.4, -0.2) is 26.7 Å². The molecule has 0 fully saturated rings. The molecule has 0 bridgehead atoms. The zero-order chi connectivity index (χ0) is 18.4. The van der Waals surface area contributed by atoms with Crippen LogP contribution in [0, 0.1) is 5.82 Å². The third-order valence-electron chi connectivity index (χ3n) is 3.23. The summed E-state index contributed by atoms with van der Waals surface area (Å²) < 4.78 is 43.3. The van der Waals surface area contributed by atoms with Crippen LogP contribution < -0.4 is 10.1 Å². The molecule has 25 heavy (non-hydrogen) atoms. The summed E-state index contributed by atoms with van der Waals surface area (Å²) in [5.74, 6) is -2.21.